The lowest BCUT2D eigenvalue weighted by molar-refractivity contribution is 0.0906. The molecule has 0 aliphatic carbocycles. The van der Waals surface area contributed by atoms with E-state index in [0.29, 0.717) is 0 Å². The van der Waals surface area contributed by atoms with Crippen molar-refractivity contribution in [3.63, 3.8) is 0 Å². The Kier molecular flexibility index (Phi) is 3.46. The second-order valence-corrected chi connectivity index (χ2v) is 4.12. The highest BCUT2D eigenvalue weighted by atomic mass is 16.2. The summed E-state index contributed by atoms with van der Waals surface area (Å²) in [4.78, 5) is 21.9. The summed E-state index contributed by atoms with van der Waals surface area (Å²) >= 11 is 0. The van der Waals surface area contributed by atoms with Gasteiger partial charge in [-0.2, -0.15) is 0 Å². The molecule has 0 bridgehead atoms. The predicted octanol–water partition coefficient (Wildman–Crippen LogP) is 0.301. The lowest BCUT2D eigenvalue weighted by Gasteiger charge is -2.29. The smallest absolute Gasteiger partial charge is 0.289 e. The minimum atomic E-state index is -0.171. The predicted molar refractivity (Wildman–Crippen MR) is 60.0 cm³/mol. The molecule has 1 fully saturated rings. The molecule has 2 rings (SSSR count). The van der Waals surface area contributed by atoms with Crippen LogP contribution in [-0.2, 0) is 0 Å². The average molecular weight is 220 g/mol. The molecule has 1 saturated heterocycles. The zero-order valence-corrected chi connectivity index (χ0v) is 9.39. The van der Waals surface area contributed by atoms with Crippen LogP contribution in [0.15, 0.2) is 18.5 Å². The number of nitrogens with one attached hydrogen (secondary N) is 1. The fourth-order valence-electron chi connectivity index (χ4n) is 1.82. The summed E-state index contributed by atoms with van der Waals surface area (Å²) < 4.78 is 0. The quantitative estimate of drug-likeness (QED) is 0.779. The Morgan fingerprint density at radius 3 is 2.62 bits per heavy atom. The highest BCUT2D eigenvalue weighted by Crippen LogP contribution is 2.08. The molecule has 0 radical (unpaired) electrons. The van der Waals surface area contributed by atoms with Crippen molar-refractivity contribution < 1.29 is 4.79 Å². The molecule has 1 aromatic rings. The maximum Gasteiger partial charge on any atom is 0.289 e. The van der Waals surface area contributed by atoms with Crippen molar-refractivity contribution in [2.24, 2.45) is 0 Å². The monoisotopic (exact) mass is 220 g/mol. The number of amides is 1. The van der Waals surface area contributed by atoms with E-state index in [1.54, 1.807) is 18.5 Å². The minimum Gasteiger partial charge on any atom is -0.346 e. The zero-order valence-electron chi connectivity index (χ0n) is 9.39. The van der Waals surface area contributed by atoms with Crippen molar-refractivity contribution in [1.82, 2.24) is 20.2 Å². The summed E-state index contributed by atoms with van der Waals surface area (Å²) in [6, 6.07) is 1.96. The van der Waals surface area contributed by atoms with Crippen molar-refractivity contribution in [2.75, 3.05) is 20.1 Å². The number of carbonyl (C=O) groups is 1. The molecule has 0 aromatic carbocycles. The van der Waals surface area contributed by atoms with Gasteiger partial charge in [-0.3, -0.25) is 4.79 Å². The summed E-state index contributed by atoms with van der Waals surface area (Å²) in [5, 5.41) is 2.97. The van der Waals surface area contributed by atoms with Gasteiger partial charge in [0.1, 0.15) is 0 Å². The third kappa shape index (κ3) is 2.76. The van der Waals surface area contributed by atoms with Gasteiger partial charge < -0.3 is 10.2 Å². The third-order valence-electron chi connectivity index (χ3n) is 2.82. The van der Waals surface area contributed by atoms with E-state index in [0.717, 1.165) is 25.9 Å². The Morgan fingerprint density at radius 1 is 1.38 bits per heavy atom. The van der Waals surface area contributed by atoms with E-state index >= 15 is 0 Å². The van der Waals surface area contributed by atoms with Crippen molar-refractivity contribution in [1.29, 1.82) is 0 Å². The van der Waals surface area contributed by atoms with Crippen LogP contribution in [0.2, 0.25) is 0 Å². The van der Waals surface area contributed by atoms with Crippen molar-refractivity contribution in [2.45, 2.75) is 18.9 Å². The van der Waals surface area contributed by atoms with Crippen LogP contribution in [0.3, 0.4) is 0 Å². The fraction of sp³-hybridized carbons (Fsp3) is 0.545. The number of carbonyl (C=O) groups excluding carboxylic acids is 1. The normalized spacial score (nSPS) is 18.3. The van der Waals surface area contributed by atoms with Gasteiger partial charge >= 0.3 is 0 Å². The van der Waals surface area contributed by atoms with Gasteiger partial charge in [-0.25, -0.2) is 9.97 Å². The topological polar surface area (TPSA) is 58.1 Å². The molecule has 0 saturated carbocycles. The molecule has 1 aromatic heterocycles. The first-order chi connectivity index (χ1) is 7.75. The number of hydrogen-bond acceptors (Lipinski definition) is 4. The Hall–Kier alpha value is -1.49. The Labute approximate surface area is 94.9 Å². The number of likely N-dealkylation sites (tertiary alicyclic amines) is 1. The largest absolute Gasteiger partial charge is 0.346 e. The lowest BCUT2D eigenvalue weighted by atomic mass is 10.1. The Balaban J connectivity index is 1.88. The molecule has 1 amide bonds. The molecule has 0 unspecified atom stereocenters. The van der Waals surface area contributed by atoms with E-state index < -0.39 is 0 Å². The summed E-state index contributed by atoms with van der Waals surface area (Å²) in [5.74, 6) is 0.0802. The molecule has 1 N–H and O–H groups in total. The van der Waals surface area contributed by atoms with Crippen molar-refractivity contribution in [3.8, 4) is 0 Å². The van der Waals surface area contributed by atoms with Gasteiger partial charge in [0.2, 0.25) is 5.82 Å². The second kappa shape index (κ2) is 5.03. The molecule has 1 aliphatic rings. The van der Waals surface area contributed by atoms with E-state index in [2.05, 4.69) is 27.2 Å². The Morgan fingerprint density at radius 2 is 2.00 bits per heavy atom. The molecular formula is C11H16N4O. The molecule has 86 valence electrons. The van der Waals surface area contributed by atoms with E-state index in [4.69, 9.17) is 0 Å². The zero-order chi connectivity index (χ0) is 11.4. The number of piperidine rings is 1. The van der Waals surface area contributed by atoms with Crippen LogP contribution in [0.5, 0.6) is 0 Å². The molecule has 0 atom stereocenters. The van der Waals surface area contributed by atoms with Crippen molar-refractivity contribution >= 4 is 5.91 Å². The summed E-state index contributed by atoms with van der Waals surface area (Å²) in [7, 11) is 2.10. The second-order valence-electron chi connectivity index (χ2n) is 4.12. The summed E-state index contributed by atoms with van der Waals surface area (Å²) in [5.41, 5.74) is 0. The average Bonchev–Trinajstić information content (AvgIpc) is 2.33. The van der Waals surface area contributed by atoms with E-state index in [-0.39, 0.29) is 17.8 Å². The van der Waals surface area contributed by atoms with Crippen LogP contribution in [0.4, 0.5) is 0 Å². The fourth-order valence-corrected chi connectivity index (χ4v) is 1.82. The lowest BCUT2D eigenvalue weighted by Crippen LogP contribution is -2.43. The maximum atomic E-state index is 11.7. The molecule has 1 aliphatic heterocycles. The third-order valence-corrected chi connectivity index (χ3v) is 2.82. The molecular weight excluding hydrogens is 204 g/mol. The SMILES string of the molecule is CN1CCC(NC(=O)c2ncccn2)CC1. The van der Waals surface area contributed by atoms with Crippen LogP contribution < -0.4 is 5.32 Å². The molecule has 16 heavy (non-hydrogen) atoms. The van der Waals surface area contributed by atoms with Crippen LogP contribution >= 0.6 is 0 Å². The molecule has 5 nitrogen and oxygen atoms in total. The maximum absolute atomic E-state index is 11.7. The molecule has 5 heteroatoms. The standard InChI is InChI=1S/C11H16N4O/c1-15-7-3-9(4-8-15)14-11(16)10-12-5-2-6-13-10/h2,5-6,9H,3-4,7-8H2,1H3,(H,14,16). The first-order valence-electron chi connectivity index (χ1n) is 5.52. The first kappa shape index (κ1) is 11.0. The van der Waals surface area contributed by atoms with E-state index in [1.807, 2.05) is 0 Å². The number of nitrogens with zero attached hydrogens (tertiary/aromatic N) is 3. The van der Waals surface area contributed by atoms with Crippen molar-refractivity contribution in [3.05, 3.63) is 24.3 Å². The van der Waals surface area contributed by atoms with Gasteiger partial charge in [0.15, 0.2) is 0 Å². The minimum absolute atomic E-state index is 0.171. The van der Waals surface area contributed by atoms with Crippen LogP contribution in [0.25, 0.3) is 0 Å². The Bertz CT molecular complexity index is 346. The molecule has 2 heterocycles. The van der Waals surface area contributed by atoms with Crippen LogP contribution in [-0.4, -0.2) is 47.0 Å². The number of aromatic nitrogens is 2. The van der Waals surface area contributed by atoms with Crippen LogP contribution in [0, 0.1) is 0 Å². The van der Waals surface area contributed by atoms with Gasteiger partial charge in [0.25, 0.3) is 5.91 Å². The van der Waals surface area contributed by atoms with Gasteiger partial charge in [-0.15, -0.1) is 0 Å². The number of hydrogen-bond donors (Lipinski definition) is 1. The van der Waals surface area contributed by atoms with Gasteiger partial charge in [-0.05, 0) is 39.0 Å². The summed E-state index contributed by atoms with van der Waals surface area (Å²) in [6.07, 6.45) is 5.15. The number of rotatable bonds is 2. The van der Waals surface area contributed by atoms with Crippen LogP contribution in [0.1, 0.15) is 23.5 Å². The highest BCUT2D eigenvalue weighted by Gasteiger charge is 2.19. The first-order valence-corrected chi connectivity index (χ1v) is 5.52. The van der Waals surface area contributed by atoms with Gasteiger partial charge in [0, 0.05) is 18.4 Å². The summed E-state index contributed by atoms with van der Waals surface area (Å²) in [6.45, 7) is 2.06. The van der Waals surface area contributed by atoms with E-state index in [1.165, 1.54) is 0 Å². The van der Waals surface area contributed by atoms with Gasteiger partial charge in [-0.1, -0.05) is 0 Å². The van der Waals surface area contributed by atoms with Gasteiger partial charge in [0.05, 0.1) is 0 Å². The highest BCUT2D eigenvalue weighted by molar-refractivity contribution is 5.90. The molecule has 0 spiro atoms. The van der Waals surface area contributed by atoms with E-state index in [9.17, 15) is 4.79 Å².